The molecule has 2 heteroatoms. The van der Waals surface area contributed by atoms with Crippen LogP contribution in [0.5, 0.6) is 0 Å². The molecule has 0 saturated heterocycles. The molecule has 0 heterocycles. The van der Waals surface area contributed by atoms with Crippen LogP contribution in [0, 0.1) is 30.9 Å². The molecule has 1 rings (SSSR count). The summed E-state index contributed by atoms with van der Waals surface area (Å²) < 4.78 is 27.0. The molecule has 0 aliphatic heterocycles. The van der Waals surface area contributed by atoms with E-state index in [1.165, 1.54) is 13.3 Å². The van der Waals surface area contributed by atoms with E-state index in [-0.39, 0.29) is 11.0 Å². The smallest absolute Gasteiger partial charge is 0.132 e. The normalized spacial score (nSPS) is 11.1. The zero-order valence-electron chi connectivity index (χ0n) is 16.5. The Bertz CT molecular complexity index is 446. The molecule has 0 aliphatic rings. The Balaban J connectivity index is 0. The van der Waals surface area contributed by atoms with Gasteiger partial charge >= 0.3 is 0 Å². The van der Waals surface area contributed by atoms with Crippen LogP contribution in [-0.4, -0.2) is 0 Å². The summed E-state index contributed by atoms with van der Waals surface area (Å²) in [5.41, 5.74) is 1.46. The molecule has 0 saturated carbocycles. The number of benzene rings is 1. The predicted octanol–water partition coefficient (Wildman–Crippen LogP) is 7.35. The van der Waals surface area contributed by atoms with Crippen molar-refractivity contribution in [3.8, 4) is 0 Å². The first-order chi connectivity index (χ1) is 9.81. The van der Waals surface area contributed by atoms with Crippen molar-refractivity contribution in [2.24, 2.45) is 5.41 Å². The third kappa shape index (κ3) is 7.91. The van der Waals surface area contributed by atoms with Crippen LogP contribution in [0.2, 0.25) is 0 Å². The van der Waals surface area contributed by atoms with Gasteiger partial charge in [0.1, 0.15) is 11.6 Å². The Morgan fingerprint density at radius 3 is 1.50 bits per heavy atom. The average molecular weight is 315 g/mol. The van der Waals surface area contributed by atoms with Crippen LogP contribution in [-0.2, 0) is 5.41 Å². The molecule has 0 spiro atoms. The van der Waals surface area contributed by atoms with Gasteiger partial charge < -0.3 is 0 Å². The lowest BCUT2D eigenvalue weighted by molar-refractivity contribution is 0.398. The molecular formula is C20H36F2. The van der Waals surface area contributed by atoms with Crippen LogP contribution in [0.15, 0.2) is 6.07 Å². The maximum Gasteiger partial charge on any atom is 0.132 e. The SMILES string of the molecule is CC.CCC(C)(C)C.Cc1cc(C(C)(C)C)c(F)c(C)c1F. The number of hydrogen-bond acceptors (Lipinski definition) is 0. The minimum absolute atomic E-state index is 0.120. The Morgan fingerprint density at radius 1 is 0.864 bits per heavy atom. The zero-order chi connectivity index (χ0) is 18.3. The van der Waals surface area contributed by atoms with Gasteiger partial charge in [0.2, 0.25) is 0 Å². The first kappa shape index (κ1) is 23.3. The molecule has 0 fully saturated rings. The molecule has 1 aromatic rings. The third-order valence-corrected chi connectivity index (χ3v) is 3.47. The van der Waals surface area contributed by atoms with Gasteiger partial charge in [-0.25, -0.2) is 8.78 Å². The fourth-order valence-electron chi connectivity index (χ4n) is 1.48. The Morgan fingerprint density at radius 2 is 1.23 bits per heavy atom. The molecule has 0 atom stereocenters. The summed E-state index contributed by atoms with van der Waals surface area (Å²) in [7, 11) is 0. The molecule has 0 nitrogen and oxygen atoms in total. The van der Waals surface area contributed by atoms with Crippen molar-refractivity contribution >= 4 is 0 Å². The van der Waals surface area contributed by atoms with E-state index in [1.807, 2.05) is 34.6 Å². The van der Waals surface area contributed by atoms with Gasteiger partial charge in [-0.1, -0.05) is 68.7 Å². The second-order valence-electron chi connectivity index (χ2n) is 7.66. The standard InChI is InChI=1S/C12H16F2.C6H14.C2H6/c1-7-6-9(12(3,4)5)11(14)8(2)10(7)13;1-5-6(2,3)4;1-2/h6H,1-5H3;5H2,1-4H3;1-2H3. The molecule has 0 aliphatic carbocycles. The van der Waals surface area contributed by atoms with Crippen molar-refractivity contribution in [3.63, 3.8) is 0 Å². The maximum absolute atomic E-state index is 13.7. The second-order valence-corrected chi connectivity index (χ2v) is 7.66. The van der Waals surface area contributed by atoms with Gasteiger partial charge in [0.15, 0.2) is 0 Å². The highest BCUT2D eigenvalue weighted by Crippen LogP contribution is 2.29. The zero-order valence-corrected chi connectivity index (χ0v) is 16.5. The summed E-state index contributed by atoms with van der Waals surface area (Å²) in [6.45, 7) is 21.8. The minimum Gasteiger partial charge on any atom is -0.206 e. The molecular weight excluding hydrogens is 278 g/mol. The van der Waals surface area contributed by atoms with Crippen molar-refractivity contribution in [1.82, 2.24) is 0 Å². The molecule has 0 radical (unpaired) electrons. The lowest BCUT2D eigenvalue weighted by Crippen LogP contribution is -2.15. The van der Waals surface area contributed by atoms with Crippen molar-refractivity contribution in [1.29, 1.82) is 0 Å². The minimum atomic E-state index is -0.435. The van der Waals surface area contributed by atoms with Crippen LogP contribution < -0.4 is 0 Å². The number of hydrogen-bond donors (Lipinski definition) is 0. The lowest BCUT2D eigenvalue weighted by Gasteiger charge is -2.21. The van der Waals surface area contributed by atoms with E-state index in [0.29, 0.717) is 16.5 Å². The van der Waals surface area contributed by atoms with Crippen LogP contribution in [0.1, 0.15) is 85.4 Å². The van der Waals surface area contributed by atoms with Crippen molar-refractivity contribution in [3.05, 3.63) is 34.4 Å². The molecule has 0 unspecified atom stereocenters. The van der Waals surface area contributed by atoms with Gasteiger partial charge in [-0.05, 0) is 41.9 Å². The van der Waals surface area contributed by atoms with E-state index in [4.69, 9.17) is 0 Å². The van der Waals surface area contributed by atoms with E-state index in [1.54, 1.807) is 13.0 Å². The first-order valence-electron chi connectivity index (χ1n) is 8.27. The fourth-order valence-corrected chi connectivity index (χ4v) is 1.48. The summed E-state index contributed by atoms with van der Waals surface area (Å²) in [5.74, 6) is -0.851. The summed E-state index contributed by atoms with van der Waals surface area (Å²) in [6.07, 6.45) is 1.27. The Labute approximate surface area is 137 Å². The van der Waals surface area contributed by atoms with Crippen LogP contribution in [0.25, 0.3) is 0 Å². The van der Waals surface area contributed by atoms with Crippen molar-refractivity contribution < 1.29 is 8.78 Å². The van der Waals surface area contributed by atoms with E-state index in [0.717, 1.165) is 0 Å². The highest BCUT2D eigenvalue weighted by atomic mass is 19.1. The van der Waals surface area contributed by atoms with Gasteiger partial charge in [0.05, 0.1) is 0 Å². The maximum atomic E-state index is 13.7. The highest BCUT2D eigenvalue weighted by Gasteiger charge is 2.22. The number of aryl methyl sites for hydroxylation is 1. The largest absolute Gasteiger partial charge is 0.206 e. The second kappa shape index (κ2) is 9.27. The Hall–Kier alpha value is -0.920. The molecule has 0 aromatic heterocycles. The molecule has 0 N–H and O–H groups in total. The van der Waals surface area contributed by atoms with E-state index >= 15 is 0 Å². The molecule has 0 amide bonds. The van der Waals surface area contributed by atoms with Gasteiger partial charge in [-0.2, -0.15) is 0 Å². The molecule has 22 heavy (non-hydrogen) atoms. The summed E-state index contributed by atoms with van der Waals surface area (Å²) in [6, 6.07) is 1.59. The van der Waals surface area contributed by atoms with E-state index < -0.39 is 11.6 Å². The van der Waals surface area contributed by atoms with Crippen LogP contribution in [0.4, 0.5) is 8.78 Å². The van der Waals surface area contributed by atoms with Crippen molar-refractivity contribution in [2.45, 2.75) is 88.0 Å². The van der Waals surface area contributed by atoms with Crippen LogP contribution in [0.3, 0.4) is 0 Å². The van der Waals surface area contributed by atoms with Gasteiger partial charge in [-0.3, -0.25) is 0 Å². The Kier molecular flexibility index (Phi) is 9.84. The van der Waals surface area contributed by atoms with Gasteiger partial charge in [0.25, 0.3) is 0 Å². The molecule has 0 bridgehead atoms. The first-order valence-corrected chi connectivity index (χ1v) is 8.27. The summed E-state index contributed by atoms with van der Waals surface area (Å²) in [5, 5.41) is 0. The molecule has 1 aromatic carbocycles. The van der Waals surface area contributed by atoms with Gasteiger partial charge in [0, 0.05) is 5.56 Å². The van der Waals surface area contributed by atoms with Gasteiger partial charge in [-0.15, -0.1) is 0 Å². The summed E-state index contributed by atoms with van der Waals surface area (Å²) in [4.78, 5) is 0. The van der Waals surface area contributed by atoms with Crippen LogP contribution >= 0.6 is 0 Å². The summed E-state index contributed by atoms with van der Waals surface area (Å²) >= 11 is 0. The fraction of sp³-hybridized carbons (Fsp3) is 0.700. The third-order valence-electron chi connectivity index (χ3n) is 3.47. The monoisotopic (exact) mass is 314 g/mol. The predicted molar refractivity (Wildman–Crippen MR) is 95.6 cm³/mol. The number of rotatable bonds is 0. The average Bonchev–Trinajstić information content (AvgIpc) is 2.41. The highest BCUT2D eigenvalue weighted by molar-refractivity contribution is 5.36. The molecule has 130 valence electrons. The number of halogens is 2. The van der Waals surface area contributed by atoms with E-state index in [9.17, 15) is 8.78 Å². The van der Waals surface area contributed by atoms with E-state index in [2.05, 4.69) is 27.7 Å². The van der Waals surface area contributed by atoms with Crippen molar-refractivity contribution in [2.75, 3.05) is 0 Å². The topological polar surface area (TPSA) is 0 Å². The quantitative estimate of drug-likeness (QED) is 0.469. The lowest BCUT2D eigenvalue weighted by atomic mass is 9.84.